The van der Waals surface area contributed by atoms with Crippen LogP contribution in [-0.2, 0) is 11.3 Å². The molecule has 0 spiro atoms. The number of alkyl carbamates (subject to hydrolysis) is 1. The van der Waals surface area contributed by atoms with Gasteiger partial charge in [-0.05, 0) is 65.3 Å². The van der Waals surface area contributed by atoms with Crippen molar-refractivity contribution >= 4 is 12.1 Å². The Hall–Kier alpha value is -3.85. The van der Waals surface area contributed by atoms with E-state index in [1.54, 1.807) is 0 Å². The number of likely N-dealkylation sites (N-methyl/N-ethyl adjacent to an activating group) is 1. The lowest BCUT2D eigenvalue weighted by Crippen LogP contribution is -2.44. The quantitative estimate of drug-likeness (QED) is 0.242. The van der Waals surface area contributed by atoms with Gasteiger partial charge >= 0.3 is 12.1 Å². The number of rotatable bonds is 13. The lowest BCUT2D eigenvalue weighted by atomic mass is 10.1. The van der Waals surface area contributed by atoms with Crippen molar-refractivity contribution in [2.45, 2.75) is 58.2 Å². The van der Waals surface area contributed by atoms with E-state index in [-0.39, 0.29) is 12.1 Å². The van der Waals surface area contributed by atoms with E-state index >= 15 is 0 Å². The highest BCUT2D eigenvalue weighted by Crippen LogP contribution is 2.22. The molecule has 3 N–H and O–H groups in total. The number of aromatic nitrogens is 2. The molecular weight excluding hydrogens is 504 g/mol. The van der Waals surface area contributed by atoms with Crippen molar-refractivity contribution in [1.82, 2.24) is 30.4 Å². The van der Waals surface area contributed by atoms with Crippen LogP contribution in [0.2, 0.25) is 0 Å². The number of urea groups is 1. The Kier molecular flexibility index (Phi) is 11.6. The fourth-order valence-electron chi connectivity index (χ4n) is 4.15. The van der Waals surface area contributed by atoms with E-state index in [0.29, 0.717) is 31.9 Å². The SMILES string of the molecule is CN(C)CCN(Cc1ccccc1)C(=O)NC(CCCCNC(=O)OC(C)(C)C)c1ncc(-c2ccccc2)[nH]1. The largest absolute Gasteiger partial charge is 0.444 e. The Bertz CT molecular complexity index is 1170. The van der Waals surface area contributed by atoms with Crippen molar-refractivity contribution in [3.63, 3.8) is 0 Å². The fourth-order valence-corrected chi connectivity index (χ4v) is 4.15. The first-order valence-electron chi connectivity index (χ1n) is 13.9. The van der Waals surface area contributed by atoms with Gasteiger partial charge in [-0.1, -0.05) is 60.7 Å². The molecule has 0 aliphatic rings. The maximum absolute atomic E-state index is 13.6. The molecule has 9 heteroatoms. The first kappa shape index (κ1) is 30.7. The number of unbranched alkanes of at least 4 members (excludes halogenated alkanes) is 1. The Morgan fingerprint density at radius 2 is 1.65 bits per heavy atom. The zero-order valence-electron chi connectivity index (χ0n) is 24.4. The summed E-state index contributed by atoms with van der Waals surface area (Å²) in [6.45, 7) is 7.87. The minimum absolute atomic E-state index is 0.139. The molecule has 1 heterocycles. The van der Waals surface area contributed by atoms with Crippen molar-refractivity contribution in [2.75, 3.05) is 33.7 Å². The summed E-state index contributed by atoms with van der Waals surface area (Å²) in [5, 5.41) is 6.04. The number of carbonyl (C=O) groups excluding carboxylic acids is 2. The van der Waals surface area contributed by atoms with E-state index in [1.165, 1.54) is 0 Å². The Morgan fingerprint density at radius 1 is 0.975 bits per heavy atom. The summed E-state index contributed by atoms with van der Waals surface area (Å²) in [5.74, 6) is 0.708. The minimum Gasteiger partial charge on any atom is -0.444 e. The molecule has 0 aliphatic carbocycles. The second kappa shape index (κ2) is 15.1. The zero-order chi connectivity index (χ0) is 29.0. The number of ether oxygens (including phenoxy) is 1. The third kappa shape index (κ3) is 10.7. The highest BCUT2D eigenvalue weighted by Gasteiger charge is 2.22. The van der Waals surface area contributed by atoms with E-state index in [1.807, 2.05) is 107 Å². The first-order chi connectivity index (χ1) is 19.1. The molecule has 0 fully saturated rings. The van der Waals surface area contributed by atoms with Crippen LogP contribution < -0.4 is 10.6 Å². The Labute approximate surface area is 238 Å². The number of hydrogen-bond donors (Lipinski definition) is 3. The molecule has 3 rings (SSSR count). The van der Waals surface area contributed by atoms with Crippen molar-refractivity contribution < 1.29 is 14.3 Å². The van der Waals surface area contributed by atoms with Gasteiger partial charge in [0, 0.05) is 26.2 Å². The predicted octanol–water partition coefficient (Wildman–Crippen LogP) is 5.59. The molecule has 0 bridgehead atoms. The van der Waals surface area contributed by atoms with Crippen molar-refractivity contribution in [3.8, 4) is 11.3 Å². The predicted molar refractivity (Wildman–Crippen MR) is 159 cm³/mol. The van der Waals surface area contributed by atoms with E-state index in [4.69, 9.17) is 4.74 Å². The number of nitrogens with one attached hydrogen (secondary N) is 3. The molecule has 216 valence electrons. The lowest BCUT2D eigenvalue weighted by molar-refractivity contribution is 0.0527. The van der Waals surface area contributed by atoms with E-state index in [0.717, 1.165) is 36.2 Å². The van der Waals surface area contributed by atoms with Crippen LogP contribution in [0.5, 0.6) is 0 Å². The van der Waals surface area contributed by atoms with Crippen LogP contribution >= 0.6 is 0 Å². The third-order valence-corrected chi connectivity index (χ3v) is 6.22. The van der Waals surface area contributed by atoms with Gasteiger partial charge in [-0.15, -0.1) is 0 Å². The molecule has 3 amide bonds. The number of aromatic amines is 1. The number of H-pyrrole nitrogens is 1. The molecular formula is C31H44N6O3. The molecule has 0 saturated heterocycles. The van der Waals surface area contributed by atoms with Crippen LogP contribution in [0.25, 0.3) is 11.3 Å². The average Bonchev–Trinajstić information content (AvgIpc) is 3.40. The van der Waals surface area contributed by atoms with Gasteiger partial charge < -0.3 is 30.2 Å². The van der Waals surface area contributed by atoms with Gasteiger partial charge in [-0.3, -0.25) is 0 Å². The molecule has 1 atom stereocenters. The second-order valence-corrected chi connectivity index (χ2v) is 11.2. The maximum atomic E-state index is 13.6. The van der Waals surface area contributed by atoms with Gasteiger partial charge in [-0.25, -0.2) is 14.6 Å². The number of amides is 3. The average molecular weight is 549 g/mol. The van der Waals surface area contributed by atoms with E-state index in [9.17, 15) is 9.59 Å². The normalized spacial score (nSPS) is 12.2. The van der Waals surface area contributed by atoms with Crippen LogP contribution in [0.1, 0.15) is 57.5 Å². The number of nitrogens with zero attached hydrogens (tertiary/aromatic N) is 3. The van der Waals surface area contributed by atoms with Gasteiger partial charge in [0.2, 0.25) is 0 Å². The number of carbonyl (C=O) groups is 2. The fraction of sp³-hybridized carbons (Fsp3) is 0.452. The van der Waals surface area contributed by atoms with Gasteiger partial charge in [0.25, 0.3) is 0 Å². The monoisotopic (exact) mass is 548 g/mol. The summed E-state index contributed by atoms with van der Waals surface area (Å²) in [4.78, 5) is 37.6. The van der Waals surface area contributed by atoms with Crippen molar-refractivity contribution in [3.05, 3.63) is 78.2 Å². The third-order valence-electron chi connectivity index (χ3n) is 6.22. The summed E-state index contributed by atoms with van der Waals surface area (Å²) >= 11 is 0. The summed E-state index contributed by atoms with van der Waals surface area (Å²) in [6, 6.07) is 19.5. The Morgan fingerprint density at radius 3 is 2.30 bits per heavy atom. The first-order valence-corrected chi connectivity index (χ1v) is 13.9. The summed E-state index contributed by atoms with van der Waals surface area (Å²) in [7, 11) is 4.00. The van der Waals surface area contributed by atoms with Crippen molar-refractivity contribution in [1.29, 1.82) is 0 Å². The molecule has 40 heavy (non-hydrogen) atoms. The summed E-state index contributed by atoms with van der Waals surface area (Å²) in [6.07, 6.45) is 3.57. The van der Waals surface area contributed by atoms with Gasteiger partial charge in [0.15, 0.2) is 0 Å². The van der Waals surface area contributed by atoms with E-state index < -0.39 is 11.7 Å². The van der Waals surface area contributed by atoms with Crippen LogP contribution in [0.4, 0.5) is 9.59 Å². The molecule has 3 aromatic rings. The summed E-state index contributed by atoms with van der Waals surface area (Å²) in [5.41, 5.74) is 2.47. The van der Waals surface area contributed by atoms with Crippen molar-refractivity contribution in [2.24, 2.45) is 0 Å². The number of imidazole rings is 1. The minimum atomic E-state index is -0.534. The zero-order valence-corrected chi connectivity index (χ0v) is 24.4. The standard InChI is InChI=1S/C31H44N6O3/c1-31(2,3)40-30(39)32-19-13-12-18-26(28-33-22-27(34-28)25-16-10-7-11-17-25)35-29(38)37(21-20-36(4)5)23-24-14-8-6-9-15-24/h6-11,14-17,22,26H,12-13,18-21,23H2,1-5H3,(H,32,39)(H,33,34)(H,35,38). The molecule has 2 aromatic carbocycles. The highest BCUT2D eigenvalue weighted by atomic mass is 16.6. The van der Waals surface area contributed by atoms with Gasteiger partial charge in [0.05, 0.1) is 17.9 Å². The van der Waals surface area contributed by atoms with Gasteiger partial charge in [-0.2, -0.15) is 0 Å². The van der Waals surface area contributed by atoms with Crippen LogP contribution in [-0.4, -0.2) is 71.2 Å². The molecule has 1 unspecified atom stereocenters. The molecule has 0 aliphatic heterocycles. The van der Waals surface area contributed by atoms with Crippen LogP contribution in [0.3, 0.4) is 0 Å². The van der Waals surface area contributed by atoms with Crippen LogP contribution in [0.15, 0.2) is 66.9 Å². The number of benzene rings is 2. The highest BCUT2D eigenvalue weighted by molar-refractivity contribution is 5.74. The molecule has 9 nitrogen and oxygen atoms in total. The molecule has 1 aromatic heterocycles. The molecule has 0 radical (unpaired) electrons. The summed E-state index contributed by atoms with van der Waals surface area (Å²) < 4.78 is 5.32. The Balaban J connectivity index is 1.69. The molecule has 0 saturated carbocycles. The topological polar surface area (TPSA) is 103 Å². The van der Waals surface area contributed by atoms with E-state index in [2.05, 4.69) is 25.5 Å². The second-order valence-electron chi connectivity index (χ2n) is 11.2. The van der Waals surface area contributed by atoms with Gasteiger partial charge in [0.1, 0.15) is 11.4 Å². The number of hydrogen-bond acceptors (Lipinski definition) is 5. The lowest BCUT2D eigenvalue weighted by Gasteiger charge is -2.27. The smallest absolute Gasteiger partial charge is 0.407 e. The maximum Gasteiger partial charge on any atom is 0.407 e. The van der Waals surface area contributed by atoms with Crippen LogP contribution in [0, 0.1) is 0 Å².